The van der Waals surface area contributed by atoms with Crippen LogP contribution in [0.4, 0.5) is 4.79 Å². The third kappa shape index (κ3) is 4.11. The number of carbonyl (C=O) groups excluding carboxylic acids is 1. The number of benzene rings is 1. The molecule has 0 spiro atoms. The third-order valence-electron chi connectivity index (χ3n) is 4.41. The van der Waals surface area contributed by atoms with E-state index in [1.807, 2.05) is 30.8 Å². The number of aromatic hydroxyl groups is 1. The molecule has 1 aromatic heterocycles. The first-order chi connectivity index (χ1) is 12.1. The van der Waals surface area contributed by atoms with Crippen molar-refractivity contribution < 1.29 is 14.6 Å². The number of nitrogens with one attached hydrogen (secondary N) is 1. The van der Waals surface area contributed by atoms with E-state index in [9.17, 15) is 9.90 Å². The largest absolute Gasteiger partial charge is 0.508 e. The number of rotatable bonds is 4. The number of amides is 2. The van der Waals surface area contributed by atoms with Crippen LogP contribution in [0.5, 0.6) is 5.75 Å². The Labute approximate surface area is 147 Å². The summed E-state index contributed by atoms with van der Waals surface area (Å²) in [5.74, 6) is 0.193. The van der Waals surface area contributed by atoms with Gasteiger partial charge in [-0.15, -0.1) is 0 Å². The van der Waals surface area contributed by atoms with Gasteiger partial charge in [0.2, 0.25) is 0 Å². The summed E-state index contributed by atoms with van der Waals surface area (Å²) in [6.07, 6.45) is 3.60. The van der Waals surface area contributed by atoms with Gasteiger partial charge in [-0.3, -0.25) is 4.68 Å². The number of ether oxygens (including phenoxy) is 1. The topological polar surface area (TPSA) is 79.6 Å². The molecule has 7 nitrogen and oxygen atoms in total. The van der Waals surface area contributed by atoms with Crippen molar-refractivity contribution in [1.29, 1.82) is 0 Å². The molecule has 3 rings (SSSR count). The predicted octanol–water partition coefficient (Wildman–Crippen LogP) is 2.45. The SMILES string of the molecule is CCn1cc([C@H]2CN(C(=O)N[C@H](C)c3cccc(O)c3)CCO2)cn1. The Balaban J connectivity index is 1.61. The second-order valence-corrected chi connectivity index (χ2v) is 6.20. The summed E-state index contributed by atoms with van der Waals surface area (Å²) in [5, 5.41) is 16.8. The van der Waals surface area contributed by atoms with Crippen LogP contribution in [0, 0.1) is 0 Å². The van der Waals surface area contributed by atoms with Crippen molar-refractivity contribution in [3.63, 3.8) is 0 Å². The molecule has 2 aromatic rings. The lowest BCUT2D eigenvalue weighted by Crippen LogP contribution is -2.47. The molecule has 0 radical (unpaired) electrons. The van der Waals surface area contributed by atoms with E-state index in [2.05, 4.69) is 10.4 Å². The molecule has 1 aliphatic heterocycles. The number of hydrogen-bond donors (Lipinski definition) is 2. The number of urea groups is 1. The molecule has 1 aromatic carbocycles. The Morgan fingerprint density at radius 1 is 1.52 bits per heavy atom. The Bertz CT molecular complexity index is 731. The lowest BCUT2D eigenvalue weighted by molar-refractivity contribution is -0.0157. The summed E-state index contributed by atoms with van der Waals surface area (Å²) in [6, 6.07) is 6.60. The smallest absolute Gasteiger partial charge is 0.318 e. The fraction of sp³-hybridized carbons (Fsp3) is 0.444. The Morgan fingerprint density at radius 2 is 2.36 bits per heavy atom. The third-order valence-corrected chi connectivity index (χ3v) is 4.41. The van der Waals surface area contributed by atoms with Gasteiger partial charge in [-0.1, -0.05) is 12.1 Å². The average Bonchev–Trinajstić information content (AvgIpc) is 3.11. The Morgan fingerprint density at radius 3 is 3.08 bits per heavy atom. The van der Waals surface area contributed by atoms with Crippen LogP contribution in [0.3, 0.4) is 0 Å². The quantitative estimate of drug-likeness (QED) is 0.893. The molecule has 134 valence electrons. The normalized spacial score (nSPS) is 18.8. The van der Waals surface area contributed by atoms with Gasteiger partial charge in [0.25, 0.3) is 0 Å². The number of aryl methyl sites for hydroxylation is 1. The molecule has 7 heteroatoms. The van der Waals surface area contributed by atoms with Gasteiger partial charge in [0.15, 0.2) is 0 Å². The van der Waals surface area contributed by atoms with Gasteiger partial charge in [0.1, 0.15) is 11.9 Å². The van der Waals surface area contributed by atoms with Crippen LogP contribution >= 0.6 is 0 Å². The summed E-state index contributed by atoms with van der Waals surface area (Å²) < 4.78 is 7.65. The van der Waals surface area contributed by atoms with E-state index in [1.165, 1.54) is 0 Å². The number of nitrogens with zero attached hydrogens (tertiary/aromatic N) is 3. The van der Waals surface area contributed by atoms with Crippen LogP contribution in [0.2, 0.25) is 0 Å². The van der Waals surface area contributed by atoms with E-state index in [1.54, 1.807) is 29.3 Å². The highest BCUT2D eigenvalue weighted by Gasteiger charge is 2.27. The molecule has 2 N–H and O–H groups in total. The lowest BCUT2D eigenvalue weighted by Gasteiger charge is -2.33. The summed E-state index contributed by atoms with van der Waals surface area (Å²) in [7, 11) is 0. The van der Waals surface area contributed by atoms with E-state index in [0.29, 0.717) is 19.7 Å². The van der Waals surface area contributed by atoms with E-state index >= 15 is 0 Å². The molecule has 1 fully saturated rings. The number of carbonyl (C=O) groups is 1. The van der Waals surface area contributed by atoms with Gasteiger partial charge in [-0.05, 0) is 31.5 Å². The van der Waals surface area contributed by atoms with Crippen LogP contribution < -0.4 is 5.32 Å². The van der Waals surface area contributed by atoms with Gasteiger partial charge in [-0.25, -0.2) is 4.79 Å². The molecule has 1 aliphatic rings. The van der Waals surface area contributed by atoms with Crippen molar-refractivity contribution in [3.8, 4) is 5.75 Å². The van der Waals surface area contributed by atoms with Gasteiger partial charge in [0.05, 0.1) is 25.4 Å². The van der Waals surface area contributed by atoms with Crippen LogP contribution in [0.1, 0.15) is 37.1 Å². The molecular weight excluding hydrogens is 320 g/mol. The van der Waals surface area contributed by atoms with Crippen molar-refractivity contribution >= 4 is 6.03 Å². The summed E-state index contributed by atoms with van der Waals surface area (Å²) in [5.41, 5.74) is 1.85. The van der Waals surface area contributed by atoms with Crippen LogP contribution in [0.15, 0.2) is 36.7 Å². The first kappa shape index (κ1) is 17.3. The van der Waals surface area contributed by atoms with Gasteiger partial charge >= 0.3 is 6.03 Å². The summed E-state index contributed by atoms with van der Waals surface area (Å²) in [6.45, 7) is 6.27. The number of phenols is 1. The second-order valence-electron chi connectivity index (χ2n) is 6.20. The maximum atomic E-state index is 12.6. The summed E-state index contributed by atoms with van der Waals surface area (Å²) in [4.78, 5) is 14.3. The first-order valence-corrected chi connectivity index (χ1v) is 8.55. The minimum atomic E-state index is -0.191. The van der Waals surface area contributed by atoms with Crippen molar-refractivity contribution in [2.45, 2.75) is 32.5 Å². The highest BCUT2D eigenvalue weighted by Crippen LogP contribution is 2.23. The molecule has 25 heavy (non-hydrogen) atoms. The van der Waals surface area contributed by atoms with Gasteiger partial charge in [-0.2, -0.15) is 5.10 Å². The zero-order valence-electron chi connectivity index (χ0n) is 14.6. The van der Waals surface area contributed by atoms with Crippen molar-refractivity contribution in [3.05, 3.63) is 47.8 Å². The van der Waals surface area contributed by atoms with Crippen LogP contribution in [-0.2, 0) is 11.3 Å². The Hall–Kier alpha value is -2.54. The second kappa shape index (κ2) is 7.57. The maximum absolute atomic E-state index is 12.6. The first-order valence-electron chi connectivity index (χ1n) is 8.55. The highest BCUT2D eigenvalue weighted by molar-refractivity contribution is 5.75. The van der Waals surface area contributed by atoms with E-state index in [4.69, 9.17) is 4.74 Å². The molecule has 0 unspecified atom stereocenters. The fourth-order valence-corrected chi connectivity index (χ4v) is 2.91. The number of aromatic nitrogens is 2. The van der Waals surface area contributed by atoms with Crippen molar-refractivity contribution in [2.75, 3.05) is 19.7 Å². The number of morpholine rings is 1. The van der Waals surface area contributed by atoms with Gasteiger partial charge < -0.3 is 20.1 Å². The fourth-order valence-electron chi connectivity index (χ4n) is 2.91. The highest BCUT2D eigenvalue weighted by atomic mass is 16.5. The minimum absolute atomic E-state index is 0.132. The molecular formula is C18H24N4O3. The molecule has 2 heterocycles. The molecule has 0 saturated carbocycles. The average molecular weight is 344 g/mol. The monoisotopic (exact) mass is 344 g/mol. The maximum Gasteiger partial charge on any atom is 0.318 e. The number of phenolic OH excluding ortho intramolecular Hbond substituents is 1. The zero-order chi connectivity index (χ0) is 17.8. The number of hydrogen-bond acceptors (Lipinski definition) is 4. The molecule has 1 saturated heterocycles. The van der Waals surface area contributed by atoms with E-state index < -0.39 is 0 Å². The predicted molar refractivity (Wildman–Crippen MR) is 93.2 cm³/mol. The van der Waals surface area contributed by atoms with Crippen molar-refractivity contribution in [2.24, 2.45) is 0 Å². The van der Waals surface area contributed by atoms with Crippen LogP contribution in [-0.4, -0.2) is 45.5 Å². The van der Waals surface area contributed by atoms with E-state index in [-0.39, 0.29) is 23.9 Å². The molecule has 2 amide bonds. The van der Waals surface area contributed by atoms with Crippen molar-refractivity contribution in [1.82, 2.24) is 20.0 Å². The standard InChI is InChI=1S/C18H24N4O3/c1-3-22-11-15(10-19-22)17-12-21(7-8-25-17)18(24)20-13(2)14-5-4-6-16(23)9-14/h4-6,9-11,13,17,23H,3,7-8,12H2,1-2H3,(H,20,24)/t13-,17-/m1/s1. The van der Waals surface area contributed by atoms with Gasteiger partial charge in [0, 0.05) is 24.8 Å². The summed E-state index contributed by atoms with van der Waals surface area (Å²) >= 11 is 0. The molecule has 0 aliphatic carbocycles. The molecule has 2 atom stereocenters. The zero-order valence-corrected chi connectivity index (χ0v) is 14.6. The minimum Gasteiger partial charge on any atom is -0.508 e. The Kier molecular flexibility index (Phi) is 5.23. The molecule has 0 bridgehead atoms. The van der Waals surface area contributed by atoms with E-state index in [0.717, 1.165) is 17.7 Å². The van der Waals surface area contributed by atoms with Crippen LogP contribution in [0.25, 0.3) is 0 Å². The lowest BCUT2D eigenvalue weighted by atomic mass is 10.1.